The summed E-state index contributed by atoms with van der Waals surface area (Å²) in [6.07, 6.45) is 3.87. The summed E-state index contributed by atoms with van der Waals surface area (Å²) >= 11 is 0. The Morgan fingerprint density at radius 3 is 2.68 bits per heavy atom. The Kier molecular flexibility index (Phi) is 2.81. The molecule has 0 unspecified atom stereocenters. The molecule has 3 rings (SSSR count). The Morgan fingerprint density at radius 1 is 1.37 bits per heavy atom. The van der Waals surface area contributed by atoms with E-state index in [2.05, 4.69) is 27.8 Å². The molecule has 1 amide bonds. The van der Waals surface area contributed by atoms with E-state index >= 15 is 0 Å². The fourth-order valence-corrected chi connectivity index (χ4v) is 2.30. The number of hydrogen-bond donors (Lipinski definition) is 1. The Balaban J connectivity index is 1.65. The first kappa shape index (κ1) is 11.9. The molecule has 2 aromatic rings. The largest absolute Gasteiger partial charge is 0.350 e. The van der Waals surface area contributed by atoms with E-state index in [9.17, 15) is 4.79 Å². The van der Waals surface area contributed by atoms with Crippen LogP contribution in [0.4, 0.5) is 0 Å². The fraction of sp³-hybridized carbons (Fsp3) is 0.357. The summed E-state index contributed by atoms with van der Waals surface area (Å²) < 4.78 is 1.53. The molecule has 98 valence electrons. The van der Waals surface area contributed by atoms with Gasteiger partial charge in [0.1, 0.15) is 0 Å². The molecule has 0 spiro atoms. The molecule has 0 saturated heterocycles. The number of hydrogen-bond acceptors (Lipinski definition) is 3. The summed E-state index contributed by atoms with van der Waals surface area (Å²) in [5, 5.41) is 10.5. The van der Waals surface area contributed by atoms with Crippen molar-refractivity contribution in [1.82, 2.24) is 20.3 Å². The van der Waals surface area contributed by atoms with E-state index in [1.165, 1.54) is 10.2 Å². The lowest BCUT2D eigenvalue weighted by atomic mass is 9.96. The van der Waals surface area contributed by atoms with Crippen molar-refractivity contribution in [2.24, 2.45) is 7.05 Å². The molecule has 19 heavy (non-hydrogen) atoms. The van der Waals surface area contributed by atoms with Crippen LogP contribution in [0, 0.1) is 0 Å². The van der Waals surface area contributed by atoms with Gasteiger partial charge in [0.15, 0.2) is 5.69 Å². The van der Waals surface area contributed by atoms with Gasteiger partial charge in [0.2, 0.25) is 0 Å². The number of benzene rings is 1. The van der Waals surface area contributed by atoms with Gasteiger partial charge < -0.3 is 5.32 Å². The van der Waals surface area contributed by atoms with E-state index in [1.54, 1.807) is 13.2 Å². The van der Waals surface area contributed by atoms with Crippen LogP contribution in [0.2, 0.25) is 0 Å². The lowest BCUT2D eigenvalue weighted by Gasteiger charge is -2.15. The molecular formula is C14H16N4O. The van der Waals surface area contributed by atoms with Crippen molar-refractivity contribution in [3.63, 3.8) is 0 Å². The molecule has 1 aliphatic rings. The number of aryl methyl sites for hydroxylation is 1. The molecule has 1 aromatic carbocycles. The third-order valence-corrected chi connectivity index (χ3v) is 3.66. The first-order chi connectivity index (χ1) is 9.20. The van der Waals surface area contributed by atoms with E-state index in [0.29, 0.717) is 12.2 Å². The molecule has 0 aliphatic heterocycles. The molecule has 1 aromatic heterocycles. The van der Waals surface area contributed by atoms with Gasteiger partial charge >= 0.3 is 0 Å². The van der Waals surface area contributed by atoms with Crippen molar-refractivity contribution < 1.29 is 4.79 Å². The third-order valence-electron chi connectivity index (χ3n) is 3.66. The maximum atomic E-state index is 11.9. The maximum absolute atomic E-state index is 11.9. The van der Waals surface area contributed by atoms with Crippen LogP contribution in [-0.4, -0.2) is 27.4 Å². The second-order valence-electron chi connectivity index (χ2n) is 5.11. The number of nitrogens with zero attached hydrogens (tertiary/aromatic N) is 3. The van der Waals surface area contributed by atoms with E-state index in [-0.39, 0.29) is 11.3 Å². The molecule has 5 heteroatoms. The maximum Gasteiger partial charge on any atom is 0.273 e. The van der Waals surface area contributed by atoms with Gasteiger partial charge in [0.05, 0.1) is 6.20 Å². The summed E-state index contributed by atoms with van der Waals surface area (Å²) in [6, 6.07) is 10.3. The smallest absolute Gasteiger partial charge is 0.273 e. The lowest BCUT2D eigenvalue weighted by molar-refractivity contribution is 0.0944. The standard InChI is InChI=1S/C14H16N4O/c1-18-9-12(16-17-18)13(19)15-10-14(7-8-14)11-5-3-2-4-6-11/h2-6,9H,7-8,10H2,1H3,(H,15,19). The predicted octanol–water partition coefficient (Wildman–Crippen LogP) is 1.28. The number of amides is 1. The van der Waals surface area contributed by atoms with Gasteiger partial charge in [-0.25, -0.2) is 0 Å². The number of aromatic nitrogens is 3. The predicted molar refractivity (Wildman–Crippen MR) is 70.7 cm³/mol. The van der Waals surface area contributed by atoms with E-state index in [1.807, 2.05) is 18.2 Å². The zero-order chi connectivity index (χ0) is 13.3. The normalized spacial score (nSPS) is 16.1. The Labute approximate surface area is 111 Å². The third kappa shape index (κ3) is 2.36. The first-order valence-electron chi connectivity index (χ1n) is 6.40. The highest BCUT2D eigenvalue weighted by Gasteiger charge is 2.44. The quantitative estimate of drug-likeness (QED) is 0.896. The molecule has 0 radical (unpaired) electrons. The lowest BCUT2D eigenvalue weighted by Crippen LogP contribution is -2.32. The van der Waals surface area contributed by atoms with E-state index in [0.717, 1.165) is 12.8 Å². The minimum Gasteiger partial charge on any atom is -0.350 e. The van der Waals surface area contributed by atoms with Crippen molar-refractivity contribution in [1.29, 1.82) is 0 Å². The van der Waals surface area contributed by atoms with Crippen LogP contribution in [-0.2, 0) is 12.5 Å². The molecule has 0 bridgehead atoms. The van der Waals surface area contributed by atoms with Gasteiger partial charge in [-0.15, -0.1) is 5.10 Å². The summed E-state index contributed by atoms with van der Waals surface area (Å²) in [7, 11) is 1.75. The molecule has 1 fully saturated rings. The summed E-state index contributed by atoms with van der Waals surface area (Å²) in [5.74, 6) is -0.157. The number of nitrogens with one attached hydrogen (secondary N) is 1. The highest BCUT2D eigenvalue weighted by atomic mass is 16.2. The molecular weight excluding hydrogens is 240 g/mol. The van der Waals surface area contributed by atoms with Crippen molar-refractivity contribution >= 4 is 5.91 Å². The minimum absolute atomic E-state index is 0.124. The minimum atomic E-state index is -0.157. The highest BCUT2D eigenvalue weighted by Crippen LogP contribution is 2.47. The van der Waals surface area contributed by atoms with Crippen LogP contribution in [0.15, 0.2) is 36.5 Å². The summed E-state index contributed by atoms with van der Waals surface area (Å²) in [5.41, 5.74) is 1.79. The molecule has 0 atom stereocenters. The summed E-state index contributed by atoms with van der Waals surface area (Å²) in [6.45, 7) is 0.659. The number of rotatable bonds is 4. The van der Waals surface area contributed by atoms with E-state index < -0.39 is 0 Å². The zero-order valence-electron chi connectivity index (χ0n) is 10.8. The van der Waals surface area contributed by atoms with Crippen molar-refractivity contribution in [2.45, 2.75) is 18.3 Å². The molecule has 5 nitrogen and oxygen atoms in total. The second-order valence-corrected chi connectivity index (χ2v) is 5.11. The molecule has 1 aliphatic carbocycles. The van der Waals surface area contributed by atoms with Crippen LogP contribution in [0.3, 0.4) is 0 Å². The topological polar surface area (TPSA) is 59.8 Å². The zero-order valence-corrected chi connectivity index (χ0v) is 10.8. The van der Waals surface area contributed by atoms with Crippen LogP contribution in [0.1, 0.15) is 28.9 Å². The van der Waals surface area contributed by atoms with Crippen molar-refractivity contribution in [2.75, 3.05) is 6.54 Å². The fourth-order valence-electron chi connectivity index (χ4n) is 2.30. The van der Waals surface area contributed by atoms with Crippen molar-refractivity contribution in [3.05, 3.63) is 47.8 Å². The van der Waals surface area contributed by atoms with Crippen LogP contribution < -0.4 is 5.32 Å². The summed E-state index contributed by atoms with van der Waals surface area (Å²) in [4.78, 5) is 11.9. The second kappa shape index (κ2) is 4.50. The van der Waals surface area contributed by atoms with Gasteiger partial charge in [0, 0.05) is 19.0 Å². The molecule has 1 N–H and O–H groups in total. The Hall–Kier alpha value is -2.17. The highest BCUT2D eigenvalue weighted by molar-refractivity contribution is 5.91. The van der Waals surface area contributed by atoms with E-state index in [4.69, 9.17) is 0 Å². The average Bonchev–Trinajstić information content (AvgIpc) is 3.12. The van der Waals surface area contributed by atoms with Gasteiger partial charge in [0.25, 0.3) is 5.91 Å². The van der Waals surface area contributed by atoms with Gasteiger partial charge in [-0.05, 0) is 18.4 Å². The average molecular weight is 256 g/mol. The van der Waals surface area contributed by atoms with Gasteiger partial charge in [-0.3, -0.25) is 9.48 Å². The SMILES string of the molecule is Cn1cc(C(=O)NCC2(c3ccccc3)CC2)nn1. The molecule has 1 heterocycles. The van der Waals surface area contributed by atoms with Crippen LogP contribution >= 0.6 is 0 Å². The van der Waals surface area contributed by atoms with Crippen LogP contribution in [0.5, 0.6) is 0 Å². The van der Waals surface area contributed by atoms with Crippen LogP contribution in [0.25, 0.3) is 0 Å². The van der Waals surface area contributed by atoms with Gasteiger partial charge in [-0.1, -0.05) is 35.5 Å². The molecule has 1 saturated carbocycles. The monoisotopic (exact) mass is 256 g/mol. The number of carbonyl (C=O) groups is 1. The Morgan fingerprint density at radius 2 is 2.11 bits per heavy atom. The first-order valence-corrected chi connectivity index (χ1v) is 6.40. The van der Waals surface area contributed by atoms with Crippen molar-refractivity contribution in [3.8, 4) is 0 Å². The van der Waals surface area contributed by atoms with Gasteiger partial charge in [-0.2, -0.15) is 0 Å². The number of carbonyl (C=O) groups excluding carboxylic acids is 1. The Bertz CT molecular complexity index is 587.